The van der Waals surface area contributed by atoms with E-state index in [-0.39, 0.29) is 0 Å². The summed E-state index contributed by atoms with van der Waals surface area (Å²) in [6.07, 6.45) is 1.60. The van der Waals surface area contributed by atoms with Crippen LogP contribution < -0.4 is 4.90 Å². The average molecular weight is 146 g/mol. The maximum atomic E-state index is 5.34. The maximum Gasteiger partial charge on any atom is 0.0361 e. The van der Waals surface area contributed by atoms with Gasteiger partial charge in [-0.15, -0.1) is 0 Å². The van der Waals surface area contributed by atoms with Crippen molar-refractivity contribution in [2.75, 3.05) is 19.0 Å². The predicted molar refractivity (Wildman–Crippen MR) is 49.5 cm³/mol. The Labute approximate surface area is 68.0 Å². The van der Waals surface area contributed by atoms with Gasteiger partial charge >= 0.3 is 0 Å². The Morgan fingerprint density at radius 1 is 1.18 bits per heavy atom. The maximum absolute atomic E-state index is 5.34. The molecule has 0 aliphatic carbocycles. The molecule has 0 spiro atoms. The first kappa shape index (κ1) is 7.86. The van der Waals surface area contributed by atoms with Gasteiger partial charge in [-0.3, -0.25) is 0 Å². The van der Waals surface area contributed by atoms with Gasteiger partial charge in [-0.1, -0.05) is 24.8 Å². The van der Waals surface area contributed by atoms with Crippen molar-refractivity contribution in [2.45, 2.75) is 0 Å². The molecule has 0 saturated carbocycles. The highest BCUT2D eigenvalue weighted by Crippen LogP contribution is 2.12. The largest absolute Gasteiger partial charge is 0.378 e. The normalized spacial score (nSPS) is 9.27. The molecule has 0 aromatic heterocycles. The summed E-state index contributed by atoms with van der Waals surface area (Å²) in [5.74, 6) is 0. The van der Waals surface area contributed by atoms with Gasteiger partial charge in [0.25, 0.3) is 0 Å². The van der Waals surface area contributed by atoms with Crippen LogP contribution in [0.2, 0.25) is 0 Å². The van der Waals surface area contributed by atoms with Crippen LogP contribution in [0.4, 0.5) is 5.69 Å². The summed E-state index contributed by atoms with van der Waals surface area (Å²) in [7, 11) is 4.03. The van der Waals surface area contributed by atoms with Crippen LogP contribution in [0.1, 0.15) is 5.56 Å². The highest BCUT2D eigenvalue weighted by Gasteiger charge is 1.91. The SMILES string of the molecule is [CH]=Cc1ccc(N(C)C)cc1. The van der Waals surface area contributed by atoms with Crippen molar-refractivity contribution in [1.82, 2.24) is 0 Å². The van der Waals surface area contributed by atoms with E-state index >= 15 is 0 Å². The van der Waals surface area contributed by atoms with Crippen molar-refractivity contribution >= 4 is 11.8 Å². The van der Waals surface area contributed by atoms with Gasteiger partial charge in [0.1, 0.15) is 0 Å². The van der Waals surface area contributed by atoms with Crippen LogP contribution in [-0.4, -0.2) is 14.1 Å². The Morgan fingerprint density at radius 3 is 2.09 bits per heavy atom. The van der Waals surface area contributed by atoms with Crippen molar-refractivity contribution in [3.63, 3.8) is 0 Å². The summed E-state index contributed by atoms with van der Waals surface area (Å²) in [5, 5.41) is 0. The molecule has 0 aliphatic heterocycles. The van der Waals surface area contributed by atoms with Crippen LogP contribution in [0.15, 0.2) is 24.3 Å². The summed E-state index contributed by atoms with van der Waals surface area (Å²) >= 11 is 0. The molecule has 57 valence electrons. The topological polar surface area (TPSA) is 3.24 Å². The lowest BCUT2D eigenvalue weighted by atomic mass is 10.2. The van der Waals surface area contributed by atoms with Gasteiger partial charge in [-0.05, 0) is 17.7 Å². The van der Waals surface area contributed by atoms with E-state index < -0.39 is 0 Å². The third kappa shape index (κ3) is 1.84. The summed E-state index contributed by atoms with van der Waals surface area (Å²) in [4.78, 5) is 2.06. The van der Waals surface area contributed by atoms with E-state index in [1.165, 1.54) is 5.69 Å². The Kier molecular flexibility index (Phi) is 2.32. The number of benzene rings is 1. The van der Waals surface area contributed by atoms with E-state index in [1.807, 2.05) is 38.4 Å². The van der Waals surface area contributed by atoms with Crippen LogP contribution >= 0.6 is 0 Å². The fourth-order valence-electron chi connectivity index (χ4n) is 0.884. The minimum atomic E-state index is 1.05. The molecule has 1 rings (SSSR count). The Bertz CT molecular complexity index is 234. The minimum absolute atomic E-state index is 1.05. The molecule has 0 unspecified atom stereocenters. The Balaban J connectivity index is 2.91. The van der Waals surface area contributed by atoms with Crippen molar-refractivity contribution in [1.29, 1.82) is 0 Å². The molecular weight excluding hydrogens is 134 g/mol. The first-order valence-electron chi connectivity index (χ1n) is 3.56. The lowest BCUT2D eigenvalue weighted by Gasteiger charge is -2.11. The van der Waals surface area contributed by atoms with Gasteiger partial charge in [-0.25, -0.2) is 0 Å². The molecule has 0 heterocycles. The van der Waals surface area contributed by atoms with Gasteiger partial charge in [-0.2, -0.15) is 0 Å². The van der Waals surface area contributed by atoms with Gasteiger partial charge in [0.15, 0.2) is 0 Å². The molecule has 1 aromatic carbocycles. The fraction of sp³-hybridized carbons (Fsp3) is 0.200. The first-order chi connectivity index (χ1) is 5.24. The second-order valence-electron chi connectivity index (χ2n) is 2.65. The average Bonchev–Trinajstić information content (AvgIpc) is 2.05. The molecule has 0 fully saturated rings. The van der Waals surface area contributed by atoms with E-state index in [4.69, 9.17) is 6.58 Å². The molecule has 1 nitrogen and oxygen atoms in total. The molecular formula is C10H12N. The molecule has 11 heavy (non-hydrogen) atoms. The van der Waals surface area contributed by atoms with Gasteiger partial charge < -0.3 is 4.90 Å². The first-order valence-corrected chi connectivity index (χ1v) is 3.56. The molecule has 0 bridgehead atoms. The highest BCUT2D eigenvalue weighted by molar-refractivity contribution is 5.53. The number of hydrogen-bond donors (Lipinski definition) is 0. The molecule has 1 heteroatoms. The van der Waals surface area contributed by atoms with Crippen LogP contribution in [0.5, 0.6) is 0 Å². The zero-order valence-electron chi connectivity index (χ0n) is 6.91. The molecule has 0 atom stereocenters. The predicted octanol–water partition coefficient (Wildman–Crippen LogP) is 2.20. The van der Waals surface area contributed by atoms with Crippen molar-refractivity contribution in [3.8, 4) is 0 Å². The molecule has 1 aromatic rings. The number of hydrogen-bond acceptors (Lipinski definition) is 1. The van der Waals surface area contributed by atoms with E-state index in [9.17, 15) is 0 Å². The Hall–Kier alpha value is -1.24. The van der Waals surface area contributed by atoms with E-state index in [0.717, 1.165) is 5.56 Å². The van der Waals surface area contributed by atoms with E-state index in [1.54, 1.807) is 6.08 Å². The quantitative estimate of drug-likeness (QED) is 0.618. The zero-order chi connectivity index (χ0) is 8.27. The van der Waals surface area contributed by atoms with Crippen LogP contribution in [-0.2, 0) is 0 Å². The van der Waals surface area contributed by atoms with Crippen LogP contribution in [0, 0.1) is 6.58 Å². The molecule has 0 aliphatic rings. The second-order valence-corrected chi connectivity index (χ2v) is 2.65. The van der Waals surface area contributed by atoms with Crippen molar-refractivity contribution in [3.05, 3.63) is 36.4 Å². The molecule has 0 amide bonds. The standard InChI is InChI=1S/C10H12N/c1-4-9-5-7-10(8-6-9)11(2)3/h1,4-8H,2-3H3. The monoisotopic (exact) mass is 146 g/mol. The second kappa shape index (κ2) is 3.24. The molecule has 1 radical (unpaired) electrons. The summed E-state index contributed by atoms with van der Waals surface area (Å²) < 4.78 is 0. The van der Waals surface area contributed by atoms with Crippen molar-refractivity contribution < 1.29 is 0 Å². The van der Waals surface area contributed by atoms with Crippen LogP contribution in [0.25, 0.3) is 6.08 Å². The smallest absolute Gasteiger partial charge is 0.0361 e. The third-order valence-electron chi connectivity index (χ3n) is 1.60. The minimum Gasteiger partial charge on any atom is -0.378 e. The number of nitrogens with zero attached hydrogens (tertiary/aromatic N) is 1. The van der Waals surface area contributed by atoms with Crippen LogP contribution in [0.3, 0.4) is 0 Å². The van der Waals surface area contributed by atoms with Gasteiger partial charge in [0, 0.05) is 19.8 Å². The highest BCUT2D eigenvalue weighted by atomic mass is 15.1. The third-order valence-corrected chi connectivity index (χ3v) is 1.60. The lowest BCUT2D eigenvalue weighted by molar-refractivity contribution is 1.13. The van der Waals surface area contributed by atoms with Gasteiger partial charge in [0.05, 0.1) is 0 Å². The van der Waals surface area contributed by atoms with E-state index in [0.29, 0.717) is 0 Å². The summed E-state index contributed by atoms with van der Waals surface area (Å²) in [5.41, 5.74) is 2.24. The van der Waals surface area contributed by atoms with Gasteiger partial charge in [0.2, 0.25) is 0 Å². The van der Waals surface area contributed by atoms with E-state index in [2.05, 4.69) is 4.90 Å². The van der Waals surface area contributed by atoms with Crippen molar-refractivity contribution in [2.24, 2.45) is 0 Å². The molecule has 0 N–H and O–H groups in total. The Morgan fingerprint density at radius 2 is 1.73 bits per heavy atom. The fourth-order valence-corrected chi connectivity index (χ4v) is 0.884. The number of anilines is 1. The zero-order valence-corrected chi connectivity index (χ0v) is 6.91. The lowest BCUT2D eigenvalue weighted by Crippen LogP contribution is -2.07. The summed E-state index contributed by atoms with van der Waals surface area (Å²) in [6.45, 7) is 5.34. The molecule has 0 saturated heterocycles. The number of rotatable bonds is 2. The summed E-state index contributed by atoms with van der Waals surface area (Å²) in [6, 6.07) is 8.07.